The molecule has 1 aliphatic carbocycles. The van der Waals surface area contributed by atoms with Gasteiger partial charge in [0.1, 0.15) is 5.75 Å². The lowest BCUT2D eigenvalue weighted by Crippen LogP contribution is -2.41. The molecule has 1 heterocycles. The van der Waals surface area contributed by atoms with Gasteiger partial charge in [0.25, 0.3) is 0 Å². The number of phenols is 1. The molecule has 0 bridgehead atoms. The lowest BCUT2D eigenvalue weighted by Gasteiger charge is -2.37. The fourth-order valence-corrected chi connectivity index (χ4v) is 3.14. The van der Waals surface area contributed by atoms with Gasteiger partial charge in [-0.1, -0.05) is 12.1 Å². The maximum Gasteiger partial charge on any atom is 0.220 e. The minimum atomic E-state index is -0.261. The van der Waals surface area contributed by atoms with E-state index in [-0.39, 0.29) is 29.7 Å². The average molecular weight is 329 g/mol. The summed E-state index contributed by atoms with van der Waals surface area (Å²) in [5, 5.41) is 26.1. The van der Waals surface area contributed by atoms with E-state index in [0.29, 0.717) is 25.7 Å². The molecule has 24 heavy (non-hydrogen) atoms. The van der Waals surface area contributed by atoms with Crippen LogP contribution in [0.25, 0.3) is 0 Å². The minimum absolute atomic E-state index is 0.0154. The van der Waals surface area contributed by atoms with E-state index in [4.69, 9.17) is 0 Å². The van der Waals surface area contributed by atoms with Gasteiger partial charge < -0.3 is 15.5 Å². The van der Waals surface area contributed by atoms with Crippen LogP contribution < -0.4 is 5.32 Å². The maximum atomic E-state index is 12.3. The Balaban J connectivity index is 1.59. The molecule has 3 N–H and O–H groups in total. The zero-order valence-electron chi connectivity index (χ0n) is 13.7. The lowest BCUT2D eigenvalue weighted by atomic mass is 9.75. The number of rotatable bonds is 6. The van der Waals surface area contributed by atoms with Gasteiger partial charge in [0, 0.05) is 25.2 Å². The van der Waals surface area contributed by atoms with Crippen molar-refractivity contribution in [3.05, 3.63) is 47.8 Å². The third-order valence-corrected chi connectivity index (χ3v) is 4.60. The third kappa shape index (κ3) is 3.94. The summed E-state index contributed by atoms with van der Waals surface area (Å²) in [5.74, 6) is 0.462. The van der Waals surface area contributed by atoms with Crippen LogP contribution in [0.1, 0.15) is 36.4 Å². The van der Waals surface area contributed by atoms with Crippen molar-refractivity contribution >= 4 is 5.91 Å². The van der Waals surface area contributed by atoms with Crippen molar-refractivity contribution in [1.82, 2.24) is 15.1 Å². The number of aromatic nitrogens is 2. The summed E-state index contributed by atoms with van der Waals surface area (Å²) in [6.45, 7) is 0. The van der Waals surface area contributed by atoms with Crippen LogP contribution >= 0.6 is 0 Å². The van der Waals surface area contributed by atoms with Crippen molar-refractivity contribution in [2.45, 2.75) is 37.8 Å². The van der Waals surface area contributed by atoms with Crippen LogP contribution in [0.3, 0.4) is 0 Å². The molecule has 128 valence electrons. The van der Waals surface area contributed by atoms with Crippen LogP contribution in [0, 0.1) is 5.92 Å². The van der Waals surface area contributed by atoms with E-state index < -0.39 is 0 Å². The number of aryl methyl sites for hydroxylation is 2. The summed E-state index contributed by atoms with van der Waals surface area (Å²) < 4.78 is 1.72. The first kappa shape index (κ1) is 16.5. The molecule has 1 amide bonds. The molecular formula is C18H23N3O3. The molecule has 1 aromatic carbocycles. The molecule has 1 saturated carbocycles. The molecule has 6 heteroatoms. The second kappa shape index (κ2) is 7.05. The molecule has 0 spiro atoms. The molecule has 0 saturated heterocycles. The first-order valence-corrected chi connectivity index (χ1v) is 8.25. The summed E-state index contributed by atoms with van der Waals surface area (Å²) in [7, 11) is 1.85. The highest BCUT2D eigenvalue weighted by Gasteiger charge is 2.36. The Bertz CT molecular complexity index is 690. The Morgan fingerprint density at radius 3 is 2.67 bits per heavy atom. The van der Waals surface area contributed by atoms with Crippen LogP contribution in [0.15, 0.2) is 36.7 Å². The molecular weight excluding hydrogens is 306 g/mol. The number of aliphatic hydroxyl groups excluding tert-OH is 1. The number of nitrogens with zero attached hydrogens (tertiary/aromatic N) is 2. The van der Waals surface area contributed by atoms with E-state index in [1.54, 1.807) is 23.0 Å². The fourth-order valence-electron chi connectivity index (χ4n) is 3.14. The quantitative estimate of drug-likeness (QED) is 0.752. The molecule has 2 aromatic rings. The van der Waals surface area contributed by atoms with Gasteiger partial charge in [-0.3, -0.25) is 9.48 Å². The van der Waals surface area contributed by atoms with Crippen LogP contribution in [0.4, 0.5) is 0 Å². The first-order valence-electron chi connectivity index (χ1n) is 8.25. The third-order valence-electron chi connectivity index (χ3n) is 4.60. The van der Waals surface area contributed by atoms with Gasteiger partial charge in [0.2, 0.25) is 5.91 Å². The zero-order valence-corrected chi connectivity index (χ0v) is 13.7. The number of hydrogen-bond acceptors (Lipinski definition) is 4. The van der Waals surface area contributed by atoms with Gasteiger partial charge in [0.15, 0.2) is 0 Å². The topological polar surface area (TPSA) is 87.4 Å². The summed E-state index contributed by atoms with van der Waals surface area (Å²) >= 11 is 0. The van der Waals surface area contributed by atoms with Crippen LogP contribution in [0.5, 0.6) is 5.75 Å². The van der Waals surface area contributed by atoms with Crippen LogP contribution in [-0.2, 0) is 18.3 Å². The predicted molar refractivity (Wildman–Crippen MR) is 89.3 cm³/mol. The number of amides is 1. The van der Waals surface area contributed by atoms with Gasteiger partial charge in [-0.2, -0.15) is 5.10 Å². The van der Waals surface area contributed by atoms with E-state index in [1.165, 1.54) is 0 Å². The molecule has 3 rings (SSSR count). The number of benzene rings is 1. The van der Waals surface area contributed by atoms with Gasteiger partial charge in [-0.05, 0) is 42.9 Å². The zero-order chi connectivity index (χ0) is 17.1. The van der Waals surface area contributed by atoms with E-state index >= 15 is 0 Å². The monoisotopic (exact) mass is 329 g/mol. The number of aliphatic hydroxyl groups is 1. The lowest BCUT2D eigenvalue weighted by molar-refractivity contribution is -0.123. The Hall–Kier alpha value is -2.34. The van der Waals surface area contributed by atoms with Crippen LogP contribution in [-0.4, -0.2) is 32.0 Å². The second-order valence-electron chi connectivity index (χ2n) is 6.54. The van der Waals surface area contributed by atoms with Crippen molar-refractivity contribution in [1.29, 1.82) is 0 Å². The van der Waals surface area contributed by atoms with E-state index in [1.807, 2.05) is 25.4 Å². The number of carbonyl (C=O) groups excluding carboxylic acids is 1. The number of aromatic hydroxyl groups is 1. The maximum absolute atomic E-state index is 12.3. The standard InChI is InChI=1S/C18H23N3O3/c1-21-11-14(10-19-21)18(13-8-16(23)9-13)20-17(24)7-4-12-2-5-15(22)6-3-12/h2-3,5-6,10-11,13,16,18,22-23H,4,7-9H2,1H3,(H,20,24). The van der Waals surface area contributed by atoms with E-state index in [2.05, 4.69) is 10.4 Å². The molecule has 6 nitrogen and oxygen atoms in total. The summed E-state index contributed by atoms with van der Waals surface area (Å²) in [5.41, 5.74) is 1.99. The highest BCUT2D eigenvalue weighted by atomic mass is 16.3. The van der Waals surface area contributed by atoms with Gasteiger partial charge in [-0.25, -0.2) is 0 Å². The van der Waals surface area contributed by atoms with Crippen molar-refractivity contribution in [2.75, 3.05) is 0 Å². The Labute approximate surface area is 141 Å². The minimum Gasteiger partial charge on any atom is -0.508 e. The number of phenolic OH excluding ortho intramolecular Hbond substituents is 1. The predicted octanol–water partition coefficient (Wildman–Crippen LogP) is 1.69. The SMILES string of the molecule is Cn1cc(C(NC(=O)CCc2ccc(O)cc2)C2CC(O)C2)cn1. The van der Waals surface area contributed by atoms with Crippen LogP contribution in [0.2, 0.25) is 0 Å². The van der Waals surface area contributed by atoms with Crippen molar-refractivity contribution < 1.29 is 15.0 Å². The molecule has 0 radical (unpaired) electrons. The second-order valence-corrected chi connectivity index (χ2v) is 6.54. The summed E-state index contributed by atoms with van der Waals surface area (Å²) in [6.07, 6.45) is 5.85. The van der Waals surface area contributed by atoms with Gasteiger partial charge in [-0.15, -0.1) is 0 Å². The molecule has 1 aliphatic rings. The number of nitrogens with one attached hydrogen (secondary N) is 1. The summed E-state index contributed by atoms with van der Waals surface area (Å²) in [4.78, 5) is 12.3. The first-order chi connectivity index (χ1) is 11.5. The normalized spacial score (nSPS) is 21.1. The molecule has 1 atom stereocenters. The Morgan fingerprint density at radius 2 is 2.08 bits per heavy atom. The number of hydrogen-bond donors (Lipinski definition) is 3. The number of carbonyl (C=O) groups is 1. The largest absolute Gasteiger partial charge is 0.508 e. The highest BCUT2D eigenvalue weighted by Crippen LogP contribution is 2.38. The van der Waals surface area contributed by atoms with Crippen molar-refractivity contribution in [3.63, 3.8) is 0 Å². The highest BCUT2D eigenvalue weighted by molar-refractivity contribution is 5.76. The summed E-state index contributed by atoms with van der Waals surface area (Å²) in [6, 6.07) is 6.80. The molecule has 0 aliphatic heterocycles. The molecule has 1 aromatic heterocycles. The van der Waals surface area contributed by atoms with Gasteiger partial charge in [0.05, 0.1) is 18.3 Å². The average Bonchev–Trinajstić information content (AvgIpc) is 2.96. The van der Waals surface area contributed by atoms with Crippen molar-refractivity contribution in [2.24, 2.45) is 13.0 Å². The van der Waals surface area contributed by atoms with E-state index in [9.17, 15) is 15.0 Å². The van der Waals surface area contributed by atoms with E-state index in [0.717, 1.165) is 11.1 Å². The fraction of sp³-hybridized carbons (Fsp3) is 0.444. The Morgan fingerprint density at radius 1 is 1.38 bits per heavy atom. The molecule has 1 fully saturated rings. The Kier molecular flexibility index (Phi) is 4.85. The smallest absolute Gasteiger partial charge is 0.220 e. The van der Waals surface area contributed by atoms with Crippen molar-refractivity contribution in [3.8, 4) is 5.75 Å². The molecule has 1 unspecified atom stereocenters. The van der Waals surface area contributed by atoms with Gasteiger partial charge >= 0.3 is 0 Å².